The van der Waals surface area contributed by atoms with Crippen molar-refractivity contribution in [3.05, 3.63) is 0 Å². The molecule has 5 heteroatoms. The SMILES string of the molecule is CCCCOC1COC(CO[PH+]=O)C1. The average molecular weight is 221 g/mol. The van der Waals surface area contributed by atoms with Crippen molar-refractivity contribution in [2.24, 2.45) is 0 Å². The second-order valence-corrected chi connectivity index (χ2v) is 3.89. The van der Waals surface area contributed by atoms with E-state index in [1.54, 1.807) is 0 Å². The van der Waals surface area contributed by atoms with Crippen molar-refractivity contribution < 1.29 is 18.6 Å². The Hall–Kier alpha value is -0.0200. The predicted molar refractivity (Wildman–Crippen MR) is 54.0 cm³/mol. The average Bonchev–Trinajstić information content (AvgIpc) is 2.63. The first-order valence-electron chi connectivity index (χ1n) is 5.09. The summed E-state index contributed by atoms with van der Waals surface area (Å²) in [6.07, 6.45) is 3.36. The summed E-state index contributed by atoms with van der Waals surface area (Å²) in [6, 6.07) is 0. The quantitative estimate of drug-likeness (QED) is 0.486. The van der Waals surface area contributed by atoms with Gasteiger partial charge in [-0.05, 0) is 11.0 Å². The van der Waals surface area contributed by atoms with Crippen LogP contribution in [0.3, 0.4) is 0 Å². The van der Waals surface area contributed by atoms with Crippen LogP contribution in [0.4, 0.5) is 0 Å². The van der Waals surface area contributed by atoms with E-state index in [-0.39, 0.29) is 12.2 Å². The van der Waals surface area contributed by atoms with Crippen molar-refractivity contribution >= 4 is 8.69 Å². The van der Waals surface area contributed by atoms with Gasteiger partial charge in [0, 0.05) is 13.0 Å². The maximum atomic E-state index is 10.1. The van der Waals surface area contributed by atoms with Gasteiger partial charge >= 0.3 is 8.69 Å². The third-order valence-corrected chi connectivity index (χ3v) is 2.51. The molecule has 3 atom stereocenters. The van der Waals surface area contributed by atoms with Crippen LogP contribution in [0.15, 0.2) is 0 Å². The number of ether oxygens (including phenoxy) is 2. The molecule has 1 aliphatic rings. The minimum atomic E-state index is -0.693. The molecule has 0 aromatic carbocycles. The zero-order valence-electron chi connectivity index (χ0n) is 8.53. The lowest BCUT2D eigenvalue weighted by molar-refractivity contribution is 0.0310. The highest BCUT2D eigenvalue weighted by atomic mass is 31.1. The Morgan fingerprint density at radius 3 is 3.14 bits per heavy atom. The van der Waals surface area contributed by atoms with Crippen LogP contribution in [0.2, 0.25) is 0 Å². The summed E-state index contributed by atoms with van der Waals surface area (Å²) in [5.41, 5.74) is 0. The first kappa shape index (κ1) is 12.1. The van der Waals surface area contributed by atoms with Gasteiger partial charge in [0.1, 0.15) is 6.61 Å². The Bertz CT molecular complexity index is 165. The van der Waals surface area contributed by atoms with Gasteiger partial charge in [-0.1, -0.05) is 13.3 Å². The van der Waals surface area contributed by atoms with Crippen LogP contribution in [0, 0.1) is 0 Å². The summed E-state index contributed by atoms with van der Waals surface area (Å²) < 4.78 is 25.9. The smallest absolute Gasteiger partial charge is 0.376 e. The van der Waals surface area contributed by atoms with Crippen LogP contribution in [-0.4, -0.2) is 32.0 Å². The molecular formula is C9H18O4P+. The van der Waals surface area contributed by atoms with E-state index in [0.717, 1.165) is 25.9 Å². The topological polar surface area (TPSA) is 44.8 Å². The Kier molecular flexibility index (Phi) is 6.28. The lowest BCUT2D eigenvalue weighted by Gasteiger charge is -2.08. The van der Waals surface area contributed by atoms with Gasteiger partial charge in [0.25, 0.3) is 0 Å². The molecule has 0 radical (unpaired) electrons. The lowest BCUT2D eigenvalue weighted by atomic mass is 10.2. The maximum Gasteiger partial charge on any atom is 0.494 e. The molecule has 1 heterocycles. The summed E-state index contributed by atoms with van der Waals surface area (Å²) in [5, 5.41) is 0. The number of rotatable bonds is 7. The van der Waals surface area contributed by atoms with E-state index in [4.69, 9.17) is 14.0 Å². The van der Waals surface area contributed by atoms with E-state index >= 15 is 0 Å². The molecule has 14 heavy (non-hydrogen) atoms. The second kappa shape index (κ2) is 7.30. The van der Waals surface area contributed by atoms with Gasteiger partial charge in [-0.15, -0.1) is 4.52 Å². The van der Waals surface area contributed by atoms with Crippen LogP contribution in [0.5, 0.6) is 0 Å². The molecule has 0 aliphatic carbocycles. The van der Waals surface area contributed by atoms with Crippen molar-refractivity contribution in [3.8, 4) is 0 Å². The number of unbranched alkanes of at least 4 members (excludes halogenated alkanes) is 1. The highest BCUT2D eigenvalue weighted by Gasteiger charge is 2.26. The molecule has 82 valence electrons. The van der Waals surface area contributed by atoms with Gasteiger partial charge in [-0.2, -0.15) is 0 Å². The summed E-state index contributed by atoms with van der Waals surface area (Å²) >= 11 is 0. The van der Waals surface area contributed by atoms with Crippen LogP contribution >= 0.6 is 8.69 Å². The molecule has 1 aliphatic heterocycles. The second-order valence-electron chi connectivity index (χ2n) is 3.43. The number of hydrogen-bond donors (Lipinski definition) is 0. The Labute approximate surface area is 86.2 Å². The Morgan fingerprint density at radius 2 is 2.43 bits per heavy atom. The van der Waals surface area contributed by atoms with E-state index in [0.29, 0.717) is 13.2 Å². The van der Waals surface area contributed by atoms with Gasteiger partial charge in [0.2, 0.25) is 0 Å². The summed E-state index contributed by atoms with van der Waals surface area (Å²) in [6.45, 7) is 4.00. The predicted octanol–water partition coefficient (Wildman–Crippen LogP) is 1.92. The van der Waals surface area contributed by atoms with Gasteiger partial charge in [0.15, 0.2) is 0 Å². The molecule has 0 spiro atoms. The maximum absolute atomic E-state index is 10.1. The molecular weight excluding hydrogens is 203 g/mol. The van der Waals surface area contributed by atoms with E-state index in [1.807, 2.05) is 0 Å². The fourth-order valence-corrected chi connectivity index (χ4v) is 1.68. The van der Waals surface area contributed by atoms with E-state index in [9.17, 15) is 4.57 Å². The molecule has 0 amide bonds. The van der Waals surface area contributed by atoms with Crippen molar-refractivity contribution in [1.29, 1.82) is 0 Å². The molecule has 0 saturated carbocycles. The largest absolute Gasteiger partial charge is 0.494 e. The molecule has 1 saturated heterocycles. The minimum Gasteiger partial charge on any atom is -0.376 e. The first-order valence-corrected chi connectivity index (χ1v) is 5.90. The number of hydrogen-bond acceptors (Lipinski definition) is 4. The summed E-state index contributed by atoms with van der Waals surface area (Å²) in [7, 11) is -0.693. The monoisotopic (exact) mass is 221 g/mol. The standard InChI is InChI=1S/C9H18O4P/c1-2-3-4-11-8-5-9(12-6-8)7-13-14-10/h8-9,14H,2-7H2,1H3/q+1. The van der Waals surface area contributed by atoms with E-state index in [2.05, 4.69) is 6.92 Å². The molecule has 1 fully saturated rings. The molecule has 0 bridgehead atoms. The molecule has 3 unspecified atom stereocenters. The first-order chi connectivity index (χ1) is 6.86. The van der Waals surface area contributed by atoms with Crippen LogP contribution in [-0.2, 0) is 18.6 Å². The molecule has 1 rings (SSSR count). The van der Waals surface area contributed by atoms with Crippen LogP contribution in [0.1, 0.15) is 26.2 Å². The highest BCUT2D eigenvalue weighted by molar-refractivity contribution is 7.17. The van der Waals surface area contributed by atoms with E-state index in [1.165, 1.54) is 0 Å². The third kappa shape index (κ3) is 4.47. The Morgan fingerprint density at radius 1 is 1.57 bits per heavy atom. The van der Waals surface area contributed by atoms with Gasteiger partial charge < -0.3 is 9.47 Å². The molecule has 0 N–H and O–H groups in total. The normalized spacial score (nSPS) is 27.2. The van der Waals surface area contributed by atoms with Crippen molar-refractivity contribution in [1.82, 2.24) is 0 Å². The van der Waals surface area contributed by atoms with E-state index < -0.39 is 8.69 Å². The highest BCUT2D eigenvalue weighted by Crippen LogP contribution is 2.18. The fourth-order valence-electron chi connectivity index (χ4n) is 1.43. The lowest BCUT2D eigenvalue weighted by Crippen LogP contribution is -2.15. The summed E-state index contributed by atoms with van der Waals surface area (Å²) in [5.74, 6) is 0. The fraction of sp³-hybridized carbons (Fsp3) is 1.00. The van der Waals surface area contributed by atoms with Crippen molar-refractivity contribution in [2.45, 2.75) is 38.4 Å². The molecule has 0 aromatic heterocycles. The van der Waals surface area contributed by atoms with Crippen LogP contribution in [0.25, 0.3) is 0 Å². The van der Waals surface area contributed by atoms with Crippen molar-refractivity contribution in [2.75, 3.05) is 19.8 Å². The molecule has 0 aromatic rings. The van der Waals surface area contributed by atoms with Crippen molar-refractivity contribution in [3.63, 3.8) is 0 Å². The van der Waals surface area contributed by atoms with Gasteiger partial charge in [-0.3, -0.25) is 0 Å². The minimum absolute atomic E-state index is 0.0584. The molecule has 4 nitrogen and oxygen atoms in total. The van der Waals surface area contributed by atoms with Gasteiger partial charge in [-0.25, -0.2) is 0 Å². The zero-order chi connectivity index (χ0) is 10.2. The van der Waals surface area contributed by atoms with Crippen LogP contribution < -0.4 is 0 Å². The van der Waals surface area contributed by atoms with Gasteiger partial charge in [0.05, 0.1) is 18.8 Å². The third-order valence-electron chi connectivity index (χ3n) is 2.22. The Balaban J connectivity index is 2.04. The zero-order valence-corrected chi connectivity index (χ0v) is 9.53. The summed E-state index contributed by atoms with van der Waals surface area (Å²) in [4.78, 5) is 0.